The monoisotopic (exact) mass is 248 g/mol. The van der Waals surface area contributed by atoms with E-state index < -0.39 is 21.3 Å². The number of nitrogens with zero attached hydrogens (tertiary/aromatic N) is 2. The second kappa shape index (κ2) is 5.08. The minimum Gasteiger partial charge on any atom is -0.465 e. The first-order chi connectivity index (χ1) is 7.41. The lowest BCUT2D eigenvalue weighted by Crippen LogP contribution is -2.24. The van der Waals surface area contributed by atoms with Crippen LogP contribution in [0.4, 0.5) is 0 Å². The minimum atomic E-state index is -4.23. The van der Waals surface area contributed by atoms with Crippen molar-refractivity contribution in [2.24, 2.45) is 7.05 Å². The number of cyclic esters (lactones) is 1. The van der Waals surface area contributed by atoms with Crippen molar-refractivity contribution in [1.82, 2.24) is 9.55 Å². The van der Waals surface area contributed by atoms with Crippen LogP contribution in [-0.2, 0) is 26.7 Å². The van der Waals surface area contributed by atoms with Gasteiger partial charge in [0.25, 0.3) is 10.1 Å². The highest BCUT2D eigenvalue weighted by Gasteiger charge is 2.36. The van der Waals surface area contributed by atoms with Gasteiger partial charge in [-0.2, -0.15) is 8.42 Å². The van der Waals surface area contributed by atoms with Crippen molar-refractivity contribution < 1.29 is 22.5 Å². The number of carbonyl (C=O) groups is 1. The second-order valence-corrected chi connectivity index (χ2v) is 4.79. The molecule has 0 aliphatic carbocycles. The van der Waals surface area contributed by atoms with E-state index in [1.165, 1.54) is 0 Å². The summed E-state index contributed by atoms with van der Waals surface area (Å²) in [4.78, 5) is 14.2. The number of aromatic nitrogens is 2. The van der Waals surface area contributed by atoms with Crippen LogP contribution in [0.3, 0.4) is 0 Å². The molecule has 16 heavy (non-hydrogen) atoms. The van der Waals surface area contributed by atoms with Crippen LogP contribution in [-0.4, -0.2) is 40.3 Å². The molecule has 0 aromatic carbocycles. The van der Waals surface area contributed by atoms with Crippen LogP contribution in [0.15, 0.2) is 18.7 Å². The van der Waals surface area contributed by atoms with Crippen LogP contribution in [0.25, 0.3) is 0 Å². The smallest absolute Gasteiger partial charge is 0.326 e. The summed E-state index contributed by atoms with van der Waals surface area (Å²) in [5, 5.41) is -1.35. The number of imidazole rings is 1. The Morgan fingerprint density at radius 3 is 2.50 bits per heavy atom. The Hall–Kier alpha value is -1.41. The van der Waals surface area contributed by atoms with E-state index in [1.54, 1.807) is 12.5 Å². The third-order valence-corrected chi connectivity index (χ3v) is 3.03. The number of rotatable bonds is 1. The zero-order valence-corrected chi connectivity index (χ0v) is 9.42. The third kappa shape index (κ3) is 3.63. The normalized spacial score (nSPS) is 19.9. The molecule has 1 atom stereocenters. The number of ether oxygens (including phenoxy) is 1. The molecule has 0 radical (unpaired) electrons. The topological polar surface area (TPSA) is 98.5 Å². The highest BCUT2D eigenvalue weighted by atomic mass is 32.2. The van der Waals surface area contributed by atoms with Crippen molar-refractivity contribution in [3.8, 4) is 0 Å². The molecule has 1 saturated heterocycles. The first-order valence-corrected chi connectivity index (χ1v) is 5.96. The van der Waals surface area contributed by atoms with Gasteiger partial charge in [0.05, 0.1) is 12.9 Å². The summed E-state index contributed by atoms with van der Waals surface area (Å²) in [6.45, 7) is 0.0727. The standard InChI is InChI=1S/C4H6N2.C4H6O5S/c1-6-3-2-5-4-6;5-4-3(1-2-9-4)10(6,7)8/h2-4H,1H3;3H,1-2H2,(H,6,7,8). The molecular weight excluding hydrogens is 236 g/mol. The largest absolute Gasteiger partial charge is 0.465 e. The van der Waals surface area contributed by atoms with E-state index in [0.717, 1.165) is 0 Å². The van der Waals surface area contributed by atoms with Gasteiger partial charge in [0.1, 0.15) is 0 Å². The molecule has 0 amide bonds. The summed E-state index contributed by atoms with van der Waals surface area (Å²) in [5.74, 6) is -0.859. The molecule has 1 unspecified atom stereocenters. The molecule has 0 bridgehead atoms. The van der Waals surface area contributed by atoms with Gasteiger partial charge in [0.2, 0.25) is 0 Å². The Bertz CT molecular complexity index is 439. The SMILES string of the molecule is Cn1ccnc1.O=C1OCCC1S(=O)(=O)O. The molecule has 1 aliphatic heterocycles. The summed E-state index contributed by atoms with van der Waals surface area (Å²) in [5.41, 5.74) is 0. The molecule has 2 heterocycles. The molecule has 8 heteroatoms. The first-order valence-electron chi connectivity index (χ1n) is 4.46. The molecular formula is C8H12N2O5S. The van der Waals surface area contributed by atoms with Crippen molar-refractivity contribution >= 4 is 16.1 Å². The van der Waals surface area contributed by atoms with Crippen molar-refractivity contribution in [2.45, 2.75) is 11.7 Å². The molecule has 7 nitrogen and oxygen atoms in total. The quantitative estimate of drug-likeness (QED) is 0.537. The molecule has 1 aromatic heterocycles. The molecule has 1 aliphatic rings. The fraction of sp³-hybridized carbons (Fsp3) is 0.500. The summed E-state index contributed by atoms with van der Waals surface area (Å²) in [7, 11) is -2.29. The highest BCUT2D eigenvalue weighted by Crippen LogP contribution is 2.13. The Kier molecular flexibility index (Phi) is 4.02. The van der Waals surface area contributed by atoms with E-state index in [-0.39, 0.29) is 13.0 Å². The van der Waals surface area contributed by atoms with E-state index in [9.17, 15) is 13.2 Å². The number of carbonyl (C=O) groups excluding carboxylic acids is 1. The Morgan fingerprint density at radius 2 is 2.31 bits per heavy atom. The van der Waals surface area contributed by atoms with Crippen LogP contribution in [0, 0.1) is 0 Å². The predicted octanol–water partition coefficient (Wildman–Crippen LogP) is -0.390. The van der Waals surface area contributed by atoms with Crippen molar-refractivity contribution in [3.05, 3.63) is 18.7 Å². The number of hydrogen-bond donors (Lipinski definition) is 1. The van der Waals surface area contributed by atoms with Gasteiger partial charge in [-0.05, 0) is 0 Å². The molecule has 1 fully saturated rings. The predicted molar refractivity (Wildman–Crippen MR) is 54.1 cm³/mol. The molecule has 0 spiro atoms. The lowest BCUT2D eigenvalue weighted by molar-refractivity contribution is -0.137. The second-order valence-electron chi connectivity index (χ2n) is 3.19. The van der Waals surface area contributed by atoms with Crippen LogP contribution >= 0.6 is 0 Å². The molecule has 2 rings (SSSR count). The van der Waals surface area contributed by atoms with Gasteiger partial charge < -0.3 is 9.30 Å². The maximum absolute atomic E-state index is 10.5. The van der Waals surface area contributed by atoms with Gasteiger partial charge in [0.15, 0.2) is 5.25 Å². The lowest BCUT2D eigenvalue weighted by Gasteiger charge is -1.97. The Labute approximate surface area is 92.8 Å². The Balaban J connectivity index is 0.000000181. The number of aryl methyl sites for hydroxylation is 1. The lowest BCUT2D eigenvalue weighted by atomic mass is 10.4. The fourth-order valence-electron chi connectivity index (χ4n) is 1.07. The average Bonchev–Trinajstić information content (AvgIpc) is 2.75. The van der Waals surface area contributed by atoms with Gasteiger partial charge in [-0.1, -0.05) is 0 Å². The summed E-state index contributed by atoms with van der Waals surface area (Å²) in [6.07, 6.45) is 5.44. The van der Waals surface area contributed by atoms with E-state index in [0.29, 0.717) is 0 Å². The van der Waals surface area contributed by atoms with E-state index >= 15 is 0 Å². The van der Waals surface area contributed by atoms with Crippen LogP contribution in [0.5, 0.6) is 0 Å². The summed E-state index contributed by atoms with van der Waals surface area (Å²) < 4.78 is 35.2. The summed E-state index contributed by atoms with van der Waals surface area (Å²) >= 11 is 0. The van der Waals surface area contributed by atoms with Crippen LogP contribution in [0.2, 0.25) is 0 Å². The minimum absolute atomic E-state index is 0.0532. The Morgan fingerprint density at radius 1 is 1.62 bits per heavy atom. The van der Waals surface area contributed by atoms with Gasteiger partial charge >= 0.3 is 5.97 Å². The van der Waals surface area contributed by atoms with Crippen molar-refractivity contribution in [2.75, 3.05) is 6.61 Å². The first kappa shape index (κ1) is 12.7. The zero-order valence-electron chi connectivity index (χ0n) is 8.61. The number of hydrogen-bond acceptors (Lipinski definition) is 5. The van der Waals surface area contributed by atoms with Gasteiger partial charge in [-0.25, -0.2) is 4.98 Å². The van der Waals surface area contributed by atoms with Gasteiger partial charge in [-0.3, -0.25) is 9.35 Å². The zero-order chi connectivity index (χ0) is 12.2. The molecule has 90 valence electrons. The van der Waals surface area contributed by atoms with Crippen LogP contribution < -0.4 is 0 Å². The van der Waals surface area contributed by atoms with E-state index in [2.05, 4.69) is 9.72 Å². The fourth-order valence-corrected chi connectivity index (χ4v) is 1.78. The average molecular weight is 248 g/mol. The molecule has 1 N–H and O–H groups in total. The van der Waals surface area contributed by atoms with Gasteiger partial charge in [-0.15, -0.1) is 0 Å². The van der Waals surface area contributed by atoms with Crippen molar-refractivity contribution in [1.29, 1.82) is 0 Å². The number of esters is 1. The van der Waals surface area contributed by atoms with E-state index in [4.69, 9.17) is 4.55 Å². The third-order valence-electron chi connectivity index (χ3n) is 1.88. The molecule has 0 saturated carbocycles. The van der Waals surface area contributed by atoms with Crippen molar-refractivity contribution in [3.63, 3.8) is 0 Å². The maximum atomic E-state index is 10.5. The van der Waals surface area contributed by atoms with Crippen LogP contribution in [0.1, 0.15) is 6.42 Å². The maximum Gasteiger partial charge on any atom is 0.326 e. The molecule has 1 aromatic rings. The van der Waals surface area contributed by atoms with E-state index in [1.807, 2.05) is 17.8 Å². The van der Waals surface area contributed by atoms with Gasteiger partial charge in [0, 0.05) is 25.9 Å². The summed E-state index contributed by atoms with van der Waals surface area (Å²) in [6, 6.07) is 0. The highest BCUT2D eigenvalue weighted by molar-refractivity contribution is 7.87.